The van der Waals surface area contributed by atoms with Crippen LogP contribution in [-0.2, 0) is 28.6 Å². The predicted molar refractivity (Wildman–Crippen MR) is 247 cm³/mol. The van der Waals surface area contributed by atoms with E-state index in [-0.39, 0.29) is 37.5 Å². The van der Waals surface area contributed by atoms with Crippen molar-refractivity contribution >= 4 is 17.9 Å². The van der Waals surface area contributed by atoms with Crippen LogP contribution in [0.2, 0.25) is 0 Å². The molecule has 330 valence electrons. The standard InChI is InChI=1S/C52H86O6/c1-4-7-10-13-16-19-21-23-24-25-26-27-29-30-33-36-39-42-45-51(54)57-48-49(47-56-50(53)44-41-38-35-32-18-15-12-9-6-3)58-52(55)46-43-40-37-34-31-28-22-20-17-14-11-8-5-2/h10,13,16,19,21,23-28,31,37,40,49H,4-9,11-12,14-15,17-18,20,22,29-30,32-36,38-39,41-48H2,1-3H3/b13-10-,19-16-,23-21-,25-24-,27-26-,31-28-,40-37-. The molecule has 0 amide bonds. The maximum absolute atomic E-state index is 12.7. The molecule has 0 heterocycles. The Morgan fingerprint density at radius 2 is 0.759 bits per heavy atom. The molecule has 0 aliphatic rings. The lowest BCUT2D eigenvalue weighted by Crippen LogP contribution is -2.30. The molecule has 0 saturated heterocycles. The zero-order valence-corrected chi connectivity index (χ0v) is 37.5. The van der Waals surface area contributed by atoms with Gasteiger partial charge in [-0.1, -0.05) is 215 Å². The molecule has 0 aliphatic heterocycles. The summed E-state index contributed by atoms with van der Waals surface area (Å²) < 4.78 is 16.6. The topological polar surface area (TPSA) is 78.9 Å². The lowest BCUT2D eigenvalue weighted by molar-refractivity contribution is -0.166. The molecule has 1 atom stereocenters. The van der Waals surface area contributed by atoms with Crippen molar-refractivity contribution in [3.05, 3.63) is 85.1 Å². The predicted octanol–water partition coefficient (Wildman–Crippen LogP) is 15.3. The lowest BCUT2D eigenvalue weighted by Gasteiger charge is -2.18. The molecule has 0 spiro atoms. The van der Waals surface area contributed by atoms with Crippen molar-refractivity contribution in [3.8, 4) is 0 Å². The van der Waals surface area contributed by atoms with Crippen molar-refractivity contribution in [1.82, 2.24) is 0 Å². The van der Waals surface area contributed by atoms with E-state index in [1.165, 1.54) is 83.5 Å². The van der Waals surface area contributed by atoms with E-state index < -0.39 is 6.10 Å². The van der Waals surface area contributed by atoms with Gasteiger partial charge < -0.3 is 14.2 Å². The highest BCUT2D eigenvalue weighted by atomic mass is 16.6. The van der Waals surface area contributed by atoms with Gasteiger partial charge in [0.2, 0.25) is 0 Å². The van der Waals surface area contributed by atoms with E-state index >= 15 is 0 Å². The van der Waals surface area contributed by atoms with Gasteiger partial charge >= 0.3 is 17.9 Å². The van der Waals surface area contributed by atoms with E-state index in [1.807, 2.05) is 42.5 Å². The number of ether oxygens (including phenoxy) is 3. The fourth-order valence-corrected chi connectivity index (χ4v) is 6.17. The zero-order valence-electron chi connectivity index (χ0n) is 37.5. The van der Waals surface area contributed by atoms with Gasteiger partial charge in [0.15, 0.2) is 6.10 Å². The molecule has 0 aromatic carbocycles. The van der Waals surface area contributed by atoms with Crippen molar-refractivity contribution in [2.45, 2.75) is 213 Å². The average molecular weight is 807 g/mol. The van der Waals surface area contributed by atoms with E-state index in [0.717, 1.165) is 77.0 Å². The van der Waals surface area contributed by atoms with Gasteiger partial charge in [-0.3, -0.25) is 14.4 Å². The van der Waals surface area contributed by atoms with Crippen molar-refractivity contribution in [2.75, 3.05) is 13.2 Å². The van der Waals surface area contributed by atoms with Crippen LogP contribution in [0.5, 0.6) is 0 Å². The minimum absolute atomic E-state index is 0.107. The van der Waals surface area contributed by atoms with E-state index in [9.17, 15) is 14.4 Å². The van der Waals surface area contributed by atoms with Gasteiger partial charge in [0, 0.05) is 19.3 Å². The Labute approximate surface area is 356 Å². The van der Waals surface area contributed by atoms with Gasteiger partial charge in [-0.2, -0.15) is 0 Å². The zero-order chi connectivity index (χ0) is 42.3. The van der Waals surface area contributed by atoms with Gasteiger partial charge in [-0.15, -0.1) is 0 Å². The van der Waals surface area contributed by atoms with Crippen LogP contribution in [0.1, 0.15) is 207 Å². The number of carbonyl (C=O) groups excluding carboxylic acids is 3. The number of rotatable bonds is 41. The summed E-state index contributed by atoms with van der Waals surface area (Å²) in [5, 5.41) is 0. The van der Waals surface area contributed by atoms with Crippen molar-refractivity contribution in [3.63, 3.8) is 0 Å². The minimum Gasteiger partial charge on any atom is -0.462 e. The Bertz CT molecular complexity index is 1160. The molecular weight excluding hydrogens is 721 g/mol. The third-order valence-electron chi connectivity index (χ3n) is 9.74. The Morgan fingerprint density at radius 3 is 1.24 bits per heavy atom. The van der Waals surface area contributed by atoms with E-state index in [2.05, 4.69) is 63.3 Å². The van der Waals surface area contributed by atoms with Crippen LogP contribution in [0.25, 0.3) is 0 Å². The molecule has 0 rings (SSSR count). The van der Waals surface area contributed by atoms with E-state index in [1.54, 1.807) is 0 Å². The van der Waals surface area contributed by atoms with Crippen molar-refractivity contribution in [2.24, 2.45) is 0 Å². The maximum atomic E-state index is 12.7. The Hall–Kier alpha value is -3.41. The lowest BCUT2D eigenvalue weighted by atomic mass is 10.1. The number of carbonyl (C=O) groups is 3. The van der Waals surface area contributed by atoms with Crippen molar-refractivity contribution < 1.29 is 28.6 Å². The number of hydrogen-bond donors (Lipinski definition) is 0. The molecule has 0 saturated carbocycles. The number of allylic oxidation sites excluding steroid dienone is 14. The van der Waals surface area contributed by atoms with Crippen LogP contribution >= 0.6 is 0 Å². The second kappa shape index (κ2) is 46.3. The van der Waals surface area contributed by atoms with Crippen LogP contribution in [0.15, 0.2) is 85.1 Å². The van der Waals surface area contributed by atoms with E-state index in [4.69, 9.17) is 14.2 Å². The Balaban J connectivity index is 4.48. The second-order valence-electron chi connectivity index (χ2n) is 15.4. The van der Waals surface area contributed by atoms with Crippen LogP contribution in [0, 0.1) is 0 Å². The highest BCUT2D eigenvalue weighted by molar-refractivity contribution is 5.71. The monoisotopic (exact) mass is 807 g/mol. The summed E-state index contributed by atoms with van der Waals surface area (Å²) in [6.45, 7) is 6.43. The molecule has 0 aromatic heterocycles. The van der Waals surface area contributed by atoms with Gasteiger partial charge in [0.05, 0.1) is 0 Å². The first-order valence-electron chi connectivity index (χ1n) is 23.7. The summed E-state index contributed by atoms with van der Waals surface area (Å²) >= 11 is 0. The normalized spacial score (nSPS) is 12.8. The third-order valence-corrected chi connectivity index (χ3v) is 9.74. The molecule has 0 fully saturated rings. The average Bonchev–Trinajstić information content (AvgIpc) is 3.22. The molecule has 6 heteroatoms. The molecule has 58 heavy (non-hydrogen) atoms. The molecular formula is C52H86O6. The van der Waals surface area contributed by atoms with Crippen molar-refractivity contribution in [1.29, 1.82) is 0 Å². The van der Waals surface area contributed by atoms with Crippen LogP contribution < -0.4 is 0 Å². The number of esters is 3. The van der Waals surface area contributed by atoms with Gasteiger partial charge in [-0.05, 0) is 57.8 Å². The summed E-state index contributed by atoms with van der Waals surface area (Å²) in [4.78, 5) is 37.7. The Morgan fingerprint density at radius 1 is 0.362 bits per heavy atom. The number of hydrogen-bond acceptors (Lipinski definition) is 6. The van der Waals surface area contributed by atoms with Crippen LogP contribution in [-0.4, -0.2) is 37.2 Å². The minimum atomic E-state index is -0.814. The molecule has 0 radical (unpaired) electrons. The molecule has 0 N–H and O–H groups in total. The summed E-state index contributed by atoms with van der Waals surface area (Å²) in [7, 11) is 0. The molecule has 1 unspecified atom stereocenters. The first-order chi connectivity index (χ1) is 28.5. The number of unbranched alkanes of at least 4 members (excludes halogenated alkanes) is 20. The largest absolute Gasteiger partial charge is 0.462 e. The molecule has 6 nitrogen and oxygen atoms in total. The van der Waals surface area contributed by atoms with Gasteiger partial charge in [-0.25, -0.2) is 0 Å². The first kappa shape index (κ1) is 54.6. The first-order valence-corrected chi connectivity index (χ1v) is 23.7. The van der Waals surface area contributed by atoms with Crippen LogP contribution in [0.4, 0.5) is 0 Å². The fraction of sp³-hybridized carbons (Fsp3) is 0.673. The summed E-state index contributed by atoms with van der Waals surface area (Å²) in [5.74, 6) is -1.01. The fourth-order valence-electron chi connectivity index (χ4n) is 6.17. The molecule has 0 bridgehead atoms. The smallest absolute Gasteiger partial charge is 0.306 e. The SMILES string of the molecule is CCC\C=C/C=C\C=C/C=C\C=C/CCCCCCCC(=O)OCC(COC(=O)CCCCCCCCCCC)OC(=O)CC/C=C\C/C=C\CCCCCCCC. The maximum Gasteiger partial charge on any atom is 0.306 e. The summed E-state index contributed by atoms with van der Waals surface area (Å²) in [5.41, 5.74) is 0. The van der Waals surface area contributed by atoms with Gasteiger partial charge in [0.1, 0.15) is 13.2 Å². The molecule has 0 aromatic rings. The van der Waals surface area contributed by atoms with E-state index in [0.29, 0.717) is 19.3 Å². The molecule has 0 aliphatic carbocycles. The van der Waals surface area contributed by atoms with Gasteiger partial charge in [0.25, 0.3) is 0 Å². The third kappa shape index (κ3) is 43.7. The quantitative estimate of drug-likeness (QED) is 0.0201. The second-order valence-corrected chi connectivity index (χ2v) is 15.4. The Kier molecular flexibility index (Phi) is 43.6. The highest BCUT2D eigenvalue weighted by Gasteiger charge is 2.19. The van der Waals surface area contributed by atoms with Crippen LogP contribution in [0.3, 0.4) is 0 Å². The highest BCUT2D eigenvalue weighted by Crippen LogP contribution is 2.13. The summed E-state index contributed by atoms with van der Waals surface area (Å²) in [6, 6.07) is 0. The summed E-state index contributed by atoms with van der Waals surface area (Å²) in [6.07, 6.45) is 58.6.